The maximum absolute atomic E-state index is 11.6. The lowest BCUT2D eigenvalue weighted by atomic mass is 10.2. The van der Waals surface area contributed by atoms with Crippen molar-refractivity contribution in [3.8, 4) is 11.5 Å². The molecule has 0 radical (unpaired) electrons. The molecular weight excluding hydrogens is 320 g/mol. The van der Waals surface area contributed by atoms with Crippen molar-refractivity contribution in [2.24, 2.45) is 0 Å². The zero-order valence-corrected chi connectivity index (χ0v) is 13.8. The van der Waals surface area contributed by atoms with Crippen molar-refractivity contribution in [1.29, 1.82) is 0 Å². The van der Waals surface area contributed by atoms with E-state index in [1.165, 1.54) is 0 Å². The van der Waals surface area contributed by atoms with Crippen molar-refractivity contribution in [1.82, 2.24) is 10.3 Å². The molecule has 4 nitrogen and oxygen atoms in total. The molecule has 1 aliphatic carbocycles. The van der Waals surface area contributed by atoms with Crippen LogP contribution in [-0.2, 0) is 10.5 Å². The standard InChI is InChI=1S/C16H17ClN2O2S/c1-10-14(8-22-9-15(20)18-13-6-7-13)19-16(21-10)11-2-4-12(17)5-3-11/h2-5,13H,6-9H2,1H3,(H,18,20). The van der Waals surface area contributed by atoms with E-state index in [2.05, 4.69) is 10.3 Å². The van der Waals surface area contributed by atoms with Gasteiger partial charge in [-0.3, -0.25) is 4.79 Å². The van der Waals surface area contributed by atoms with E-state index in [0.29, 0.717) is 28.5 Å². The molecule has 1 aromatic heterocycles. The van der Waals surface area contributed by atoms with Crippen LogP contribution in [0.15, 0.2) is 28.7 Å². The Bertz CT molecular complexity index is 665. The SMILES string of the molecule is Cc1oc(-c2ccc(Cl)cc2)nc1CSCC(=O)NC1CC1. The number of aryl methyl sites for hydroxylation is 1. The number of thioether (sulfide) groups is 1. The maximum Gasteiger partial charge on any atom is 0.230 e. The number of benzene rings is 1. The average molecular weight is 337 g/mol. The molecule has 3 rings (SSSR count). The molecule has 0 spiro atoms. The van der Waals surface area contributed by atoms with Gasteiger partial charge in [0.1, 0.15) is 5.76 Å². The summed E-state index contributed by atoms with van der Waals surface area (Å²) in [4.78, 5) is 16.2. The molecule has 2 aromatic rings. The quantitative estimate of drug-likeness (QED) is 0.871. The Morgan fingerprint density at radius 2 is 2.14 bits per heavy atom. The summed E-state index contributed by atoms with van der Waals surface area (Å²) < 4.78 is 5.70. The number of hydrogen-bond donors (Lipinski definition) is 1. The van der Waals surface area contributed by atoms with Crippen LogP contribution in [0.2, 0.25) is 5.02 Å². The number of carbonyl (C=O) groups excluding carboxylic acids is 1. The molecule has 6 heteroatoms. The lowest BCUT2D eigenvalue weighted by Crippen LogP contribution is -2.27. The molecule has 0 atom stereocenters. The molecule has 1 saturated carbocycles. The van der Waals surface area contributed by atoms with Gasteiger partial charge in [0.05, 0.1) is 11.4 Å². The second-order valence-corrected chi connectivity index (χ2v) is 6.79. The highest BCUT2D eigenvalue weighted by Gasteiger charge is 2.23. The van der Waals surface area contributed by atoms with Gasteiger partial charge in [0.15, 0.2) is 0 Å². The van der Waals surface area contributed by atoms with E-state index in [0.717, 1.165) is 29.9 Å². The average Bonchev–Trinajstić information content (AvgIpc) is 3.22. The first-order valence-corrected chi connectivity index (χ1v) is 8.74. The van der Waals surface area contributed by atoms with Crippen LogP contribution in [0.25, 0.3) is 11.5 Å². The van der Waals surface area contributed by atoms with Crippen LogP contribution in [0.3, 0.4) is 0 Å². The molecule has 116 valence electrons. The number of oxazole rings is 1. The predicted molar refractivity (Wildman–Crippen MR) is 89.0 cm³/mol. The van der Waals surface area contributed by atoms with E-state index in [1.54, 1.807) is 11.8 Å². The molecule has 22 heavy (non-hydrogen) atoms. The number of carbonyl (C=O) groups is 1. The third kappa shape index (κ3) is 4.05. The smallest absolute Gasteiger partial charge is 0.230 e. The fourth-order valence-corrected chi connectivity index (χ4v) is 2.97. The van der Waals surface area contributed by atoms with Gasteiger partial charge in [-0.2, -0.15) is 0 Å². The van der Waals surface area contributed by atoms with Crippen molar-refractivity contribution < 1.29 is 9.21 Å². The van der Waals surface area contributed by atoms with Gasteiger partial charge in [-0.15, -0.1) is 11.8 Å². The third-order valence-electron chi connectivity index (χ3n) is 3.40. The minimum atomic E-state index is 0.103. The molecule has 1 fully saturated rings. The van der Waals surface area contributed by atoms with Crippen LogP contribution in [0.4, 0.5) is 0 Å². The van der Waals surface area contributed by atoms with Crippen LogP contribution in [0.1, 0.15) is 24.3 Å². The van der Waals surface area contributed by atoms with Gasteiger partial charge in [0, 0.05) is 22.4 Å². The Labute approximate surface area is 138 Å². The Hall–Kier alpha value is -1.46. The Balaban J connectivity index is 1.57. The molecule has 1 aliphatic rings. The minimum Gasteiger partial charge on any atom is -0.441 e. The maximum atomic E-state index is 11.6. The molecule has 0 unspecified atom stereocenters. The van der Waals surface area contributed by atoms with Crippen LogP contribution in [0, 0.1) is 6.92 Å². The van der Waals surface area contributed by atoms with Crippen molar-refractivity contribution in [2.75, 3.05) is 5.75 Å². The number of nitrogens with one attached hydrogen (secondary N) is 1. The summed E-state index contributed by atoms with van der Waals surface area (Å²) in [7, 11) is 0. The first-order valence-electron chi connectivity index (χ1n) is 7.21. The van der Waals surface area contributed by atoms with E-state index < -0.39 is 0 Å². The van der Waals surface area contributed by atoms with Gasteiger partial charge < -0.3 is 9.73 Å². The Kier molecular flexibility index (Phi) is 4.74. The summed E-state index contributed by atoms with van der Waals surface area (Å²) in [6.45, 7) is 1.90. The summed E-state index contributed by atoms with van der Waals surface area (Å²) in [6.07, 6.45) is 2.23. The second-order valence-electron chi connectivity index (χ2n) is 5.36. The summed E-state index contributed by atoms with van der Waals surface area (Å²) >= 11 is 7.44. The first-order chi connectivity index (χ1) is 10.6. The monoisotopic (exact) mass is 336 g/mol. The van der Waals surface area contributed by atoms with Crippen LogP contribution < -0.4 is 5.32 Å². The number of nitrogens with zero attached hydrogens (tertiary/aromatic N) is 1. The Morgan fingerprint density at radius 3 is 2.82 bits per heavy atom. The summed E-state index contributed by atoms with van der Waals surface area (Å²) in [5.41, 5.74) is 1.78. The van der Waals surface area contributed by atoms with Crippen molar-refractivity contribution >= 4 is 29.3 Å². The largest absolute Gasteiger partial charge is 0.441 e. The number of halogens is 1. The molecule has 1 aromatic carbocycles. The minimum absolute atomic E-state index is 0.103. The van der Waals surface area contributed by atoms with Gasteiger partial charge in [0.25, 0.3) is 0 Å². The lowest BCUT2D eigenvalue weighted by molar-refractivity contribution is -0.118. The van der Waals surface area contributed by atoms with E-state index in [4.69, 9.17) is 16.0 Å². The van der Waals surface area contributed by atoms with Gasteiger partial charge in [-0.25, -0.2) is 4.98 Å². The molecule has 0 aliphatic heterocycles. The highest BCUT2D eigenvalue weighted by molar-refractivity contribution is 7.99. The van der Waals surface area contributed by atoms with E-state index in [-0.39, 0.29) is 5.91 Å². The van der Waals surface area contributed by atoms with Crippen LogP contribution >= 0.6 is 23.4 Å². The third-order valence-corrected chi connectivity index (χ3v) is 4.59. The van der Waals surface area contributed by atoms with Crippen LogP contribution in [0.5, 0.6) is 0 Å². The van der Waals surface area contributed by atoms with Crippen LogP contribution in [-0.4, -0.2) is 22.7 Å². The van der Waals surface area contributed by atoms with Crippen molar-refractivity contribution in [3.05, 3.63) is 40.7 Å². The topological polar surface area (TPSA) is 55.1 Å². The van der Waals surface area contributed by atoms with E-state index in [1.807, 2.05) is 31.2 Å². The normalized spacial score (nSPS) is 14.1. The van der Waals surface area contributed by atoms with E-state index in [9.17, 15) is 4.79 Å². The highest BCUT2D eigenvalue weighted by atomic mass is 35.5. The molecule has 1 amide bonds. The van der Waals surface area contributed by atoms with E-state index >= 15 is 0 Å². The summed E-state index contributed by atoms with van der Waals surface area (Å²) in [6, 6.07) is 7.81. The van der Waals surface area contributed by atoms with Crippen molar-refractivity contribution in [2.45, 2.75) is 31.6 Å². The van der Waals surface area contributed by atoms with Gasteiger partial charge in [-0.05, 0) is 44.0 Å². The molecule has 0 saturated heterocycles. The number of amides is 1. The predicted octanol–water partition coefficient (Wildman–Crippen LogP) is 3.82. The second kappa shape index (κ2) is 6.75. The summed E-state index contributed by atoms with van der Waals surface area (Å²) in [5, 5.41) is 3.66. The zero-order chi connectivity index (χ0) is 15.5. The zero-order valence-electron chi connectivity index (χ0n) is 12.3. The van der Waals surface area contributed by atoms with Gasteiger partial charge in [0.2, 0.25) is 11.8 Å². The first kappa shape index (κ1) is 15.4. The number of hydrogen-bond acceptors (Lipinski definition) is 4. The number of aromatic nitrogens is 1. The summed E-state index contributed by atoms with van der Waals surface area (Å²) in [5.74, 6) is 2.61. The molecule has 1 N–H and O–H groups in total. The fraction of sp³-hybridized carbons (Fsp3) is 0.375. The highest BCUT2D eigenvalue weighted by Crippen LogP contribution is 2.25. The molecular formula is C16H17ClN2O2S. The van der Waals surface area contributed by atoms with Gasteiger partial charge >= 0.3 is 0 Å². The molecule has 0 bridgehead atoms. The number of rotatable bonds is 6. The van der Waals surface area contributed by atoms with Crippen molar-refractivity contribution in [3.63, 3.8) is 0 Å². The molecule has 1 heterocycles. The lowest BCUT2D eigenvalue weighted by Gasteiger charge is -2.01. The Morgan fingerprint density at radius 1 is 1.41 bits per heavy atom. The van der Waals surface area contributed by atoms with Gasteiger partial charge in [-0.1, -0.05) is 11.6 Å². The fourth-order valence-electron chi connectivity index (χ4n) is 2.02.